The number of aromatic nitrogens is 3. The van der Waals surface area contributed by atoms with Gasteiger partial charge in [0.05, 0.1) is 18.2 Å². The van der Waals surface area contributed by atoms with E-state index >= 15 is 0 Å². The summed E-state index contributed by atoms with van der Waals surface area (Å²) in [7, 11) is 1.35. The summed E-state index contributed by atoms with van der Waals surface area (Å²) in [5, 5.41) is 4.20. The van der Waals surface area contributed by atoms with Crippen LogP contribution < -0.4 is 4.74 Å². The van der Waals surface area contributed by atoms with E-state index in [0.717, 1.165) is 5.69 Å². The molecule has 106 valence electrons. The highest BCUT2D eigenvalue weighted by Crippen LogP contribution is 2.18. The summed E-state index contributed by atoms with van der Waals surface area (Å²) in [6, 6.07) is 9.81. The Hall–Kier alpha value is -2.37. The van der Waals surface area contributed by atoms with Gasteiger partial charge < -0.3 is 9.47 Å². The molecule has 0 N–H and O–H groups in total. The van der Waals surface area contributed by atoms with Crippen LogP contribution in [0.5, 0.6) is 6.01 Å². The van der Waals surface area contributed by atoms with E-state index in [-0.39, 0.29) is 18.6 Å². The van der Waals surface area contributed by atoms with E-state index in [1.54, 1.807) is 24.9 Å². The van der Waals surface area contributed by atoms with Crippen molar-refractivity contribution in [2.24, 2.45) is 5.41 Å². The molecule has 0 bridgehead atoms. The smallest absolute Gasteiger partial charge is 0.335 e. The number of para-hydroxylation sites is 1. The average molecular weight is 275 g/mol. The quantitative estimate of drug-likeness (QED) is 0.779. The van der Waals surface area contributed by atoms with Gasteiger partial charge in [0.2, 0.25) is 0 Å². The normalized spacial score (nSPS) is 11.2. The number of hydrogen-bond acceptors (Lipinski definition) is 5. The minimum atomic E-state index is -0.743. The molecule has 0 amide bonds. The first kappa shape index (κ1) is 14.0. The Labute approximate surface area is 117 Å². The fourth-order valence-corrected chi connectivity index (χ4v) is 1.60. The van der Waals surface area contributed by atoms with Crippen LogP contribution in [0.4, 0.5) is 0 Å². The summed E-state index contributed by atoms with van der Waals surface area (Å²) < 4.78 is 11.8. The van der Waals surface area contributed by atoms with Gasteiger partial charge in [-0.05, 0) is 26.0 Å². The van der Waals surface area contributed by atoms with E-state index in [4.69, 9.17) is 9.47 Å². The first-order valence-electron chi connectivity index (χ1n) is 6.21. The van der Waals surface area contributed by atoms with Crippen LogP contribution >= 0.6 is 0 Å². The van der Waals surface area contributed by atoms with Crippen molar-refractivity contribution < 1.29 is 14.3 Å². The zero-order valence-corrected chi connectivity index (χ0v) is 11.7. The monoisotopic (exact) mass is 275 g/mol. The maximum absolute atomic E-state index is 11.5. The molecule has 0 atom stereocenters. The molecule has 0 aliphatic rings. The van der Waals surface area contributed by atoms with Crippen molar-refractivity contribution in [1.29, 1.82) is 0 Å². The Balaban J connectivity index is 2.02. The van der Waals surface area contributed by atoms with Crippen LogP contribution in [0.2, 0.25) is 0 Å². The van der Waals surface area contributed by atoms with Gasteiger partial charge >= 0.3 is 12.0 Å². The minimum absolute atomic E-state index is 0.151. The highest BCUT2D eigenvalue weighted by molar-refractivity contribution is 5.75. The topological polar surface area (TPSA) is 66.2 Å². The zero-order chi connectivity index (χ0) is 14.6. The van der Waals surface area contributed by atoms with E-state index in [9.17, 15) is 4.79 Å². The standard InChI is InChI=1S/C14H17N3O3/c1-14(2,12(18)19-3)9-20-13-15-10-17(16-13)11-7-5-4-6-8-11/h4-8,10H,9H2,1-3H3. The van der Waals surface area contributed by atoms with Crippen molar-refractivity contribution in [3.63, 3.8) is 0 Å². The number of carbonyl (C=O) groups excluding carboxylic acids is 1. The van der Waals surface area contributed by atoms with Crippen LogP contribution in [0.15, 0.2) is 36.7 Å². The molecule has 0 radical (unpaired) electrons. The molecule has 1 heterocycles. The summed E-state index contributed by atoms with van der Waals surface area (Å²) in [6.07, 6.45) is 1.57. The van der Waals surface area contributed by atoms with Gasteiger partial charge in [0.15, 0.2) is 0 Å². The molecule has 0 saturated heterocycles. The van der Waals surface area contributed by atoms with Crippen LogP contribution in [-0.2, 0) is 9.53 Å². The maximum Gasteiger partial charge on any atom is 0.335 e. The number of benzene rings is 1. The molecule has 1 aromatic carbocycles. The molecule has 6 nitrogen and oxygen atoms in total. The summed E-state index contributed by atoms with van der Waals surface area (Å²) >= 11 is 0. The van der Waals surface area contributed by atoms with E-state index < -0.39 is 5.41 Å². The lowest BCUT2D eigenvalue weighted by Gasteiger charge is -2.20. The minimum Gasteiger partial charge on any atom is -0.469 e. The number of hydrogen-bond donors (Lipinski definition) is 0. The molecule has 0 fully saturated rings. The summed E-state index contributed by atoms with van der Waals surface area (Å²) in [6.45, 7) is 3.64. The fourth-order valence-electron chi connectivity index (χ4n) is 1.60. The number of nitrogens with zero attached hydrogens (tertiary/aromatic N) is 3. The van der Waals surface area contributed by atoms with Crippen molar-refractivity contribution in [2.75, 3.05) is 13.7 Å². The Morgan fingerprint density at radius 3 is 2.65 bits per heavy atom. The Morgan fingerprint density at radius 1 is 1.30 bits per heavy atom. The zero-order valence-electron chi connectivity index (χ0n) is 11.7. The van der Waals surface area contributed by atoms with E-state index in [2.05, 4.69) is 10.1 Å². The van der Waals surface area contributed by atoms with Crippen molar-refractivity contribution >= 4 is 5.97 Å². The highest BCUT2D eigenvalue weighted by Gasteiger charge is 2.30. The fraction of sp³-hybridized carbons (Fsp3) is 0.357. The van der Waals surface area contributed by atoms with Crippen LogP contribution in [0, 0.1) is 5.41 Å². The number of methoxy groups -OCH3 is 1. The third-order valence-corrected chi connectivity index (χ3v) is 2.79. The van der Waals surface area contributed by atoms with Crippen molar-refractivity contribution in [3.8, 4) is 11.7 Å². The molecule has 2 aromatic rings. The summed E-state index contributed by atoms with van der Waals surface area (Å²) in [5.41, 5.74) is 0.148. The predicted molar refractivity (Wildman–Crippen MR) is 72.7 cm³/mol. The van der Waals surface area contributed by atoms with Gasteiger partial charge in [-0.1, -0.05) is 18.2 Å². The van der Waals surface area contributed by atoms with E-state index in [0.29, 0.717) is 0 Å². The van der Waals surface area contributed by atoms with Gasteiger partial charge in [-0.3, -0.25) is 4.79 Å². The van der Waals surface area contributed by atoms with Crippen molar-refractivity contribution in [1.82, 2.24) is 14.8 Å². The molecule has 0 aliphatic carbocycles. The van der Waals surface area contributed by atoms with Gasteiger partial charge in [0, 0.05) is 0 Å². The Morgan fingerprint density at radius 2 is 2.00 bits per heavy atom. The molecule has 2 rings (SSSR count). The molecular formula is C14H17N3O3. The second-order valence-electron chi connectivity index (χ2n) is 4.97. The van der Waals surface area contributed by atoms with Gasteiger partial charge in [-0.25, -0.2) is 4.68 Å². The lowest BCUT2D eigenvalue weighted by Crippen LogP contribution is -2.32. The molecule has 6 heteroatoms. The lowest BCUT2D eigenvalue weighted by atomic mass is 9.95. The summed E-state index contributed by atoms with van der Waals surface area (Å²) in [5.74, 6) is -0.333. The molecule has 1 aromatic heterocycles. The van der Waals surface area contributed by atoms with Crippen LogP contribution in [-0.4, -0.2) is 34.5 Å². The van der Waals surface area contributed by atoms with E-state index in [1.807, 2.05) is 30.3 Å². The molecule has 0 saturated carbocycles. The molecule has 0 spiro atoms. The summed E-state index contributed by atoms with van der Waals surface area (Å²) in [4.78, 5) is 15.6. The molecule has 0 aliphatic heterocycles. The van der Waals surface area contributed by atoms with Crippen molar-refractivity contribution in [2.45, 2.75) is 13.8 Å². The van der Waals surface area contributed by atoms with Crippen molar-refractivity contribution in [3.05, 3.63) is 36.7 Å². The Kier molecular flexibility index (Phi) is 4.02. The number of rotatable bonds is 5. The number of ether oxygens (including phenoxy) is 2. The average Bonchev–Trinajstić information content (AvgIpc) is 2.94. The van der Waals surface area contributed by atoms with Gasteiger partial charge in [-0.15, -0.1) is 5.10 Å². The SMILES string of the molecule is COC(=O)C(C)(C)COc1ncn(-c2ccccc2)n1. The first-order valence-corrected chi connectivity index (χ1v) is 6.21. The largest absolute Gasteiger partial charge is 0.469 e. The van der Waals surface area contributed by atoms with Crippen LogP contribution in [0.1, 0.15) is 13.8 Å². The Bertz CT molecular complexity index is 578. The third kappa shape index (κ3) is 3.14. The van der Waals surface area contributed by atoms with Gasteiger partial charge in [-0.2, -0.15) is 4.98 Å². The number of carbonyl (C=O) groups is 1. The van der Waals surface area contributed by atoms with E-state index in [1.165, 1.54) is 7.11 Å². The third-order valence-electron chi connectivity index (χ3n) is 2.79. The molecule has 20 heavy (non-hydrogen) atoms. The molecular weight excluding hydrogens is 258 g/mol. The lowest BCUT2D eigenvalue weighted by molar-refractivity contribution is -0.152. The van der Waals surface area contributed by atoms with Gasteiger partial charge in [0.1, 0.15) is 12.9 Å². The second-order valence-corrected chi connectivity index (χ2v) is 4.97. The molecule has 0 unspecified atom stereocenters. The predicted octanol–water partition coefficient (Wildman–Crippen LogP) is 1.85. The first-order chi connectivity index (χ1) is 9.53. The maximum atomic E-state index is 11.5. The second kappa shape index (κ2) is 5.73. The van der Waals surface area contributed by atoms with Crippen LogP contribution in [0.3, 0.4) is 0 Å². The highest BCUT2D eigenvalue weighted by atomic mass is 16.5. The number of esters is 1. The van der Waals surface area contributed by atoms with Crippen LogP contribution in [0.25, 0.3) is 5.69 Å². The van der Waals surface area contributed by atoms with Gasteiger partial charge in [0.25, 0.3) is 0 Å².